The molecule has 1 aromatic carbocycles. The van der Waals surface area contributed by atoms with E-state index in [2.05, 4.69) is 10.8 Å². The molecule has 184 valence electrons. The lowest BCUT2D eigenvalue weighted by atomic mass is 9.98. The number of amides is 1. The second-order valence-corrected chi connectivity index (χ2v) is 9.30. The Hall–Kier alpha value is -2.22. The number of hydrogen-bond acceptors (Lipinski definition) is 6. The van der Waals surface area contributed by atoms with Crippen molar-refractivity contribution in [3.63, 3.8) is 0 Å². The van der Waals surface area contributed by atoms with Gasteiger partial charge in [-0.2, -0.15) is 0 Å². The number of benzene rings is 1. The summed E-state index contributed by atoms with van der Waals surface area (Å²) in [5, 5.41) is 3.36. The highest BCUT2D eigenvalue weighted by atomic mass is 16.8. The molecule has 1 aliphatic rings. The molecule has 1 saturated carbocycles. The van der Waals surface area contributed by atoms with Gasteiger partial charge in [-0.3, -0.25) is 14.9 Å². The van der Waals surface area contributed by atoms with E-state index in [1.165, 1.54) is 6.08 Å². The standard InChI is InChI=1S/C26H40N2O5/c1-6-26(5,25(30)32-23-9-7-8-10-23)27-17-22-13-11-21(12-14-22)15-16-24(29)28-33-20(4)31-18-19(2)3/h11-16,19-20,23,27H,6-10,17-18H2,1-5H3,(H,28,29)/b16-15+/t20?,26-/m0/s1. The molecule has 2 atom stereocenters. The van der Waals surface area contributed by atoms with Crippen LogP contribution in [-0.2, 0) is 30.4 Å². The van der Waals surface area contributed by atoms with Gasteiger partial charge in [-0.05, 0) is 69.1 Å². The molecule has 1 fully saturated rings. The van der Waals surface area contributed by atoms with Crippen molar-refractivity contribution in [2.45, 2.75) is 91.2 Å². The molecule has 2 rings (SSSR count). The lowest BCUT2D eigenvalue weighted by molar-refractivity contribution is -0.180. The summed E-state index contributed by atoms with van der Waals surface area (Å²) in [6, 6.07) is 7.80. The maximum atomic E-state index is 12.7. The average molecular weight is 461 g/mol. The van der Waals surface area contributed by atoms with Crippen LogP contribution in [0.2, 0.25) is 0 Å². The molecule has 0 spiro atoms. The molecule has 0 radical (unpaired) electrons. The van der Waals surface area contributed by atoms with Gasteiger partial charge in [-0.25, -0.2) is 10.3 Å². The summed E-state index contributed by atoms with van der Waals surface area (Å²) in [4.78, 5) is 29.8. The first-order chi connectivity index (χ1) is 15.7. The summed E-state index contributed by atoms with van der Waals surface area (Å²) >= 11 is 0. The molecule has 1 aromatic rings. The lowest BCUT2D eigenvalue weighted by Crippen LogP contribution is -2.50. The van der Waals surface area contributed by atoms with Crippen LogP contribution in [0, 0.1) is 5.92 Å². The molecule has 1 aliphatic carbocycles. The van der Waals surface area contributed by atoms with Crippen molar-refractivity contribution < 1.29 is 23.9 Å². The van der Waals surface area contributed by atoms with Gasteiger partial charge in [0.15, 0.2) is 6.29 Å². The number of carbonyl (C=O) groups excluding carboxylic acids is 2. The first kappa shape index (κ1) is 27.0. The van der Waals surface area contributed by atoms with Gasteiger partial charge in [0.1, 0.15) is 11.6 Å². The number of nitrogens with one attached hydrogen (secondary N) is 2. The van der Waals surface area contributed by atoms with Crippen molar-refractivity contribution >= 4 is 18.0 Å². The molecule has 0 saturated heterocycles. The van der Waals surface area contributed by atoms with E-state index in [0.717, 1.165) is 36.8 Å². The molecule has 2 N–H and O–H groups in total. The third-order valence-corrected chi connectivity index (χ3v) is 5.81. The summed E-state index contributed by atoms with van der Waals surface area (Å²) in [5.74, 6) is -0.139. The van der Waals surface area contributed by atoms with Gasteiger partial charge in [0.2, 0.25) is 0 Å². The number of ether oxygens (including phenoxy) is 2. The van der Waals surface area contributed by atoms with Gasteiger partial charge >= 0.3 is 5.97 Å². The van der Waals surface area contributed by atoms with Crippen LogP contribution < -0.4 is 10.8 Å². The Balaban J connectivity index is 1.79. The maximum Gasteiger partial charge on any atom is 0.326 e. The second kappa shape index (κ2) is 13.5. The van der Waals surface area contributed by atoms with Crippen LogP contribution in [0.4, 0.5) is 0 Å². The zero-order valence-corrected chi connectivity index (χ0v) is 20.7. The Morgan fingerprint density at radius 1 is 1.15 bits per heavy atom. The summed E-state index contributed by atoms with van der Waals surface area (Å²) in [6.45, 7) is 10.8. The molecule has 0 aromatic heterocycles. The van der Waals surface area contributed by atoms with Crippen molar-refractivity contribution in [1.29, 1.82) is 0 Å². The van der Waals surface area contributed by atoms with Crippen LogP contribution in [0.3, 0.4) is 0 Å². The largest absolute Gasteiger partial charge is 0.461 e. The minimum Gasteiger partial charge on any atom is -0.461 e. The van der Waals surface area contributed by atoms with E-state index >= 15 is 0 Å². The van der Waals surface area contributed by atoms with Crippen molar-refractivity contribution in [1.82, 2.24) is 10.8 Å². The molecular weight excluding hydrogens is 420 g/mol. The predicted octanol–water partition coefficient (Wildman–Crippen LogP) is 4.51. The van der Waals surface area contributed by atoms with E-state index in [9.17, 15) is 9.59 Å². The first-order valence-electron chi connectivity index (χ1n) is 12.0. The summed E-state index contributed by atoms with van der Waals surface area (Å²) in [7, 11) is 0. The SMILES string of the molecule is CC[C@](C)(NCc1ccc(/C=C/C(=O)NOC(C)OCC(C)C)cc1)C(=O)OC1CCCC1. The lowest BCUT2D eigenvalue weighted by Gasteiger charge is -2.29. The fourth-order valence-corrected chi connectivity index (χ4v) is 3.38. The quantitative estimate of drug-likeness (QED) is 0.195. The smallest absolute Gasteiger partial charge is 0.326 e. The molecule has 0 aliphatic heterocycles. The molecule has 1 amide bonds. The molecular formula is C26H40N2O5. The Morgan fingerprint density at radius 3 is 2.42 bits per heavy atom. The van der Waals surface area contributed by atoms with E-state index in [-0.39, 0.29) is 18.0 Å². The Morgan fingerprint density at radius 2 is 1.82 bits per heavy atom. The van der Waals surface area contributed by atoms with Crippen molar-refractivity contribution in [2.24, 2.45) is 5.92 Å². The van der Waals surface area contributed by atoms with E-state index in [0.29, 0.717) is 25.5 Å². The highest BCUT2D eigenvalue weighted by molar-refractivity contribution is 5.90. The Bertz CT molecular complexity index is 771. The molecule has 33 heavy (non-hydrogen) atoms. The van der Waals surface area contributed by atoms with E-state index < -0.39 is 11.8 Å². The number of esters is 1. The minimum atomic E-state index is -0.713. The van der Waals surface area contributed by atoms with Crippen molar-refractivity contribution in [2.75, 3.05) is 6.61 Å². The normalized spacial score (nSPS) is 17.3. The first-order valence-corrected chi connectivity index (χ1v) is 12.0. The molecule has 7 nitrogen and oxygen atoms in total. The highest BCUT2D eigenvalue weighted by Crippen LogP contribution is 2.24. The minimum absolute atomic E-state index is 0.0645. The Kier molecular flexibility index (Phi) is 11.0. The van der Waals surface area contributed by atoms with Crippen LogP contribution >= 0.6 is 0 Å². The highest BCUT2D eigenvalue weighted by Gasteiger charge is 2.34. The number of hydrogen-bond donors (Lipinski definition) is 2. The van der Waals surface area contributed by atoms with Crippen LogP contribution in [0.25, 0.3) is 6.08 Å². The van der Waals surface area contributed by atoms with Crippen molar-refractivity contribution in [3.8, 4) is 0 Å². The van der Waals surface area contributed by atoms with Crippen molar-refractivity contribution in [3.05, 3.63) is 41.5 Å². The Labute approximate surface area is 198 Å². The van der Waals surface area contributed by atoms with Gasteiger partial charge in [-0.15, -0.1) is 0 Å². The van der Waals surface area contributed by atoms with Crippen LogP contribution in [-0.4, -0.2) is 36.4 Å². The van der Waals surface area contributed by atoms with Crippen LogP contribution in [0.1, 0.15) is 77.8 Å². The van der Waals surface area contributed by atoms with Gasteiger partial charge in [0, 0.05) is 12.6 Å². The predicted molar refractivity (Wildman–Crippen MR) is 129 cm³/mol. The topological polar surface area (TPSA) is 85.9 Å². The van der Waals surface area contributed by atoms with Gasteiger partial charge in [0.05, 0.1) is 6.61 Å². The summed E-state index contributed by atoms with van der Waals surface area (Å²) in [6.07, 6.45) is 7.53. The van der Waals surface area contributed by atoms with Gasteiger partial charge in [-0.1, -0.05) is 45.0 Å². The number of rotatable bonds is 13. The molecule has 1 unspecified atom stereocenters. The fraction of sp³-hybridized carbons (Fsp3) is 0.615. The van der Waals surface area contributed by atoms with Gasteiger partial charge in [0.25, 0.3) is 5.91 Å². The molecule has 0 heterocycles. The van der Waals surface area contributed by atoms with E-state index in [1.807, 2.05) is 52.0 Å². The van der Waals surface area contributed by atoms with Crippen LogP contribution in [0.5, 0.6) is 0 Å². The van der Waals surface area contributed by atoms with E-state index in [4.69, 9.17) is 14.3 Å². The van der Waals surface area contributed by atoms with E-state index in [1.54, 1.807) is 13.0 Å². The average Bonchev–Trinajstić information content (AvgIpc) is 3.32. The third kappa shape index (κ3) is 9.66. The molecule has 7 heteroatoms. The number of hydroxylamine groups is 1. The summed E-state index contributed by atoms with van der Waals surface area (Å²) in [5.41, 5.74) is 3.58. The zero-order chi connectivity index (χ0) is 24.3. The monoisotopic (exact) mass is 460 g/mol. The fourth-order valence-electron chi connectivity index (χ4n) is 3.38. The number of carbonyl (C=O) groups is 2. The van der Waals surface area contributed by atoms with Gasteiger partial charge < -0.3 is 9.47 Å². The third-order valence-electron chi connectivity index (χ3n) is 5.81. The summed E-state index contributed by atoms with van der Waals surface area (Å²) < 4.78 is 11.2. The zero-order valence-electron chi connectivity index (χ0n) is 20.7. The second-order valence-electron chi connectivity index (χ2n) is 9.30. The van der Waals surface area contributed by atoms with Crippen LogP contribution in [0.15, 0.2) is 30.3 Å². The molecule has 0 bridgehead atoms. The maximum absolute atomic E-state index is 12.7.